The molecule has 90 valence electrons. The number of furan rings is 1. The molecule has 0 amide bonds. The van der Waals surface area contributed by atoms with E-state index >= 15 is 0 Å². The summed E-state index contributed by atoms with van der Waals surface area (Å²) in [5, 5.41) is 3.44. The molecule has 1 aromatic heterocycles. The minimum absolute atomic E-state index is 0.398. The second-order valence-corrected chi connectivity index (χ2v) is 4.48. The zero-order chi connectivity index (χ0) is 11.4. The van der Waals surface area contributed by atoms with Gasteiger partial charge in [-0.15, -0.1) is 0 Å². The van der Waals surface area contributed by atoms with Gasteiger partial charge in [0.1, 0.15) is 11.5 Å². The van der Waals surface area contributed by atoms with Crippen LogP contribution < -0.4 is 5.32 Å². The lowest BCUT2D eigenvalue weighted by Crippen LogP contribution is -2.26. The average molecular weight is 223 g/mol. The number of aryl methyl sites for hydroxylation is 1. The molecule has 2 heterocycles. The van der Waals surface area contributed by atoms with Gasteiger partial charge in [-0.3, -0.25) is 0 Å². The molecular formula is C13H21NO2. The van der Waals surface area contributed by atoms with E-state index in [9.17, 15) is 0 Å². The largest absolute Gasteiger partial charge is 0.465 e. The van der Waals surface area contributed by atoms with E-state index in [1.165, 1.54) is 6.42 Å². The molecule has 2 unspecified atom stereocenters. The van der Waals surface area contributed by atoms with Crippen molar-refractivity contribution in [3.05, 3.63) is 23.7 Å². The Morgan fingerprint density at radius 2 is 2.19 bits per heavy atom. The van der Waals surface area contributed by atoms with Gasteiger partial charge in [0.05, 0.1) is 12.6 Å². The normalized spacial score (nSPS) is 25.1. The Kier molecular flexibility index (Phi) is 4.02. The van der Waals surface area contributed by atoms with Crippen LogP contribution in [0.25, 0.3) is 0 Å². The number of hydrogen-bond donors (Lipinski definition) is 1. The lowest BCUT2D eigenvalue weighted by atomic mass is 10.0. The van der Waals surface area contributed by atoms with Crippen molar-refractivity contribution in [3.8, 4) is 0 Å². The molecule has 16 heavy (non-hydrogen) atoms. The molecule has 1 N–H and O–H groups in total. The maximum atomic E-state index is 5.63. The molecule has 0 aliphatic carbocycles. The topological polar surface area (TPSA) is 34.4 Å². The molecule has 3 heteroatoms. The molecule has 2 atom stereocenters. The van der Waals surface area contributed by atoms with E-state index < -0.39 is 0 Å². The fourth-order valence-corrected chi connectivity index (χ4v) is 2.13. The van der Waals surface area contributed by atoms with Crippen LogP contribution in [0.3, 0.4) is 0 Å². The van der Waals surface area contributed by atoms with Gasteiger partial charge >= 0.3 is 0 Å². The number of rotatable bonds is 5. The van der Waals surface area contributed by atoms with Crippen LogP contribution in [0, 0.1) is 5.92 Å². The molecule has 0 aromatic carbocycles. The highest BCUT2D eigenvalue weighted by Crippen LogP contribution is 2.19. The number of ether oxygens (including phenoxy) is 1. The minimum atomic E-state index is 0.398. The first-order valence-corrected chi connectivity index (χ1v) is 6.19. The molecule has 2 rings (SSSR count). The second-order valence-electron chi connectivity index (χ2n) is 4.48. The van der Waals surface area contributed by atoms with Crippen molar-refractivity contribution in [1.29, 1.82) is 0 Å². The lowest BCUT2D eigenvalue weighted by molar-refractivity contribution is 0.105. The van der Waals surface area contributed by atoms with Crippen molar-refractivity contribution in [2.24, 2.45) is 5.92 Å². The SMILES string of the molecule is CCc1ccc(CNCC2CCOC2C)o1. The van der Waals surface area contributed by atoms with Crippen molar-refractivity contribution >= 4 is 0 Å². The van der Waals surface area contributed by atoms with Crippen molar-refractivity contribution in [2.75, 3.05) is 13.2 Å². The molecule has 1 fully saturated rings. The van der Waals surface area contributed by atoms with E-state index in [1.807, 2.05) is 0 Å². The van der Waals surface area contributed by atoms with Gasteiger partial charge in [-0.2, -0.15) is 0 Å². The molecular weight excluding hydrogens is 202 g/mol. The Bertz CT molecular complexity index is 321. The summed E-state index contributed by atoms with van der Waals surface area (Å²) in [6.45, 7) is 7.01. The first kappa shape index (κ1) is 11.7. The quantitative estimate of drug-likeness (QED) is 0.832. The van der Waals surface area contributed by atoms with Gasteiger partial charge in [0.15, 0.2) is 0 Å². The van der Waals surface area contributed by atoms with Gasteiger partial charge in [0.25, 0.3) is 0 Å². The molecule has 0 spiro atoms. The van der Waals surface area contributed by atoms with Gasteiger partial charge in [-0.1, -0.05) is 6.92 Å². The summed E-state index contributed by atoms with van der Waals surface area (Å²) >= 11 is 0. The molecule has 3 nitrogen and oxygen atoms in total. The smallest absolute Gasteiger partial charge is 0.117 e. The Labute approximate surface area is 97.2 Å². The lowest BCUT2D eigenvalue weighted by Gasteiger charge is -2.13. The van der Waals surface area contributed by atoms with E-state index in [1.54, 1.807) is 0 Å². The summed E-state index contributed by atoms with van der Waals surface area (Å²) in [4.78, 5) is 0. The monoisotopic (exact) mass is 223 g/mol. The minimum Gasteiger partial charge on any atom is -0.465 e. The summed E-state index contributed by atoms with van der Waals surface area (Å²) in [5.41, 5.74) is 0. The molecule has 1 aliphatic rings. The van der Waals surface area contributed by atoms with Gasteiger partial charge in [0.2, 0.25) is 0 Å². The summed E-state index contributed by atoms with van der Waals surface area (Å²) in [5.74, 6) is 2.75. The van der Waals surface area contributed by atoms with Crippen LogP contribution in [0.1, 0.15) is 31.8 Å². The van der Waals surface area contributed by atoms with Crippen LogP contribution in [0.4, 0.5) is 0 Å². The van der Waals surface area contributed by atoms with Crippen molar-refractivity contribution < 1.29 is 9.15 Å². The summed E-state index contributed by atoms with van der Waals surface area (Å²) in [6.07, 6.45) is 2.54. The fraction of sp³-hybridized carbons (Fsp3) is 0.692. The van der Waals surface area contributed by atoms with Gasteiger partial charge in [-0.05, 0) is 31.4 Å². The fourth-order valence-electron chi connectivity index (χ4n) is 2.13. The standard InChI is InChI=1S/C13H21NO2/c1-3-12-4-5-13(16-12)9-14-8-11-6-7-15-10(11)2/h4-5,10-11,14H,3,6-9H2,1-2H3. The highest BCUT2D eigenvalue weighted by molar-refractivity contribution is 5.06. The molecule has 0 bridgehead atoms. The summed E-state index contributed by atoms with van der Waals surface area (Å²) in [6, 6.07) is 4.11. The Morgan fingerprint density at radius 3 is 2.81 bits per heavy atom. The maximum Gasteiger partial charge on any atom is 0.117 e. The van der Waals surface area contributed by atoms with Gasteiger partial charge in [0, 0.05) is 19.6 Å². The molecule has 1 aliphatic heterocycles. The van der Waals surface area contributed by atoms with E-state index in [0.717, 1.165) is 37.6 Å². The van der Waals surface area contributed by atoms with Crippen LogP contribution in [-0.4, -0.2) is 19.3 Å². The van der Waals surface area contributed by atoms with Crippen molar-refractivity contribution in [1.82, 2.24) is 5.32 Å². The maximum absolute atomic E-state index is 5.63. The summed E-state index contributed by atoms with van der Waals surface area (Å²) < 4.78 is 11.2. The Morgan fingerprint density at radius 1 is 1.38 bits per heavy atom. The molecule has 0 radical (unpaired) electrons. The van der Waals surface area contributed by atoms with E-state index in [2.05, 4.69) is 31.3 Å². The predicted molar refractivity (Wildman–Crippen MR) is 63.3 cm³/mol. The number of hydrogen-bond acceptors (Lipinski definition) is 3. The highest BCUT2D eigenvalue weighted by Gasteiger charge is 2.23. The molecule has 0 saturated carbocycles. The summed E-state index contributed by atoms with van der Waals surface area (Å²) in [7, 11) is 0. The van der Waals surface area contributed by atoms with Crippen LogP contribution in [0.15, 0.2) is 16.5 Å². The van der Waals surface area contributed by atoms with E-state index in [4.69, 9.17) is 9.15 Å². The van der Waals surface area contributed by atoms with Crippen molar-refractivity contribution in [2.45, 2.75) is 39.3 Å². The number of nitrogens with one attached hydrogen (secondary N) is 1. The first-order valence-electron chi connectivity index (χ1n) is 6.19. The third-order valence-corrected chi connectivity index (χ3v) is 3.30. The van der Waals surface area contributed by atoms with Crippen LogP contribution in [0.2, 0.25) is 0 Å². The predicted octanol–water partition coefficient (Wildman–Crippen LogP) is 2.36. The second kappa shape index (κ2) is 5.51. The molecule has 1 aromatic rings. The zero-order valence-corrected chi connectivity index (χ0v) is 10.2. The van der Waals surface area contributed by atoms with Crippen LogP contribution in [-0.2, 0) is 17.7 Å². The van der Waals surface area contributed by atoms with Crippen molar-refractivity contribution in [3.63, 3.8) is 0 Å². The van der Waals surface area contributed by atoms with Gasteiger partial charge in [-0.25, -0.2) is 0 Å². The third kappa shape index (κ3) is 2.86. The van der Waals surface area contributed by atoms with Gasteiger partial charge < -0.3 is 14.5 Å². The molecule has 1 saturated heterocycles. The van der Waals surface area contributed by atoms with Crippen LogP contribution >= 0.6 is 0 Å². The highest BCUT2D eigenvalue weighted by atomic mass is 16.5. The average Bonchev–Trinajstić information content (AvgIpc) is 2.89. The zero-order valence-electron chi connectivity index (χ0n) is 10.2. The third-order valence-electron chi connectivity index (χ3n) is 3.30. The Hall–Kier alpha value is -0.800. The Balaban J connectivity index is 1.71. The van der Waals surface area contributed by atoms with E-state index in [0.29, 0.717) is 12.0 Å². The van der Waals surface area contributed by atoms with E-state index in [-0.39, 0.29) is 0 Å². The first-order chi connectivity index (χ1) is 7.79. The van der Waals surface area contributed by atoms with Crippen LogP contribution in [0.5, 0.6) is 0 Å².